The molecule has 2 aromatic carbocycles. The summed E-state index contributed by atoms with van der Waals surface area (Å²) in [7, 11) is -3.23. The molecule has 1 saturated heterocycles. The van der Waals surface area contributed by atoms with Gasteiger partial charge in [-0.15, -0.1) is 0 Å². The molecule has 1 fully saturated rings. The quantitative estimate of drug-likeness (QED) is 0.698. The van der Waals surface area contributed by atoms with Crippen LogP contribution in [0, 0.1) is 6.92 Å². The molecule has 1 heterocycles. The Balaban J connectivity index is 1.45. The molecule has 0 spiro atoms. The number of carbonyl (C=O) groups excluding carboxylic acids is 1. The van der Waals surface area contributed by atoms with Crippen molar-refractivity contribution in [1.29, 1.82) is 0 Å². The zero-order chi connectivity index (χ0) is 20.0. The van der Waals surface area contributed by atoms with Crippen LogP contribution in [0.25, 0.3) is 0 Å². The first-order chi connectivity index (χ1) is 13.5. The van der Waals surface area contributed by atoms with E-state index in [1.54, 1.807) is 36.0 Å². The number of benzene rings is 2. The first kappa shape index (κ1) is 20.7. The van der Waals surface area contributed by atoms with Crippen molar-refractivity contribution in [3.63, 3.8) is 0 Å². The van der Waals surface area contributed by atoms with Crippen LogP contribution in [0.15, 0.2) is 48.5 Å². The van der Waals surface area contributed by atoms with Crippen molar-refractivity contribution < 1.29 is 13.2 Å². The average Bonchev–Trinajstić information content (AvgIpc) is 2.69. The molecule has 1 N–H and O–H groups in total. The number of anilines is 1. The zero-order valence-electron chi connectivity index (χ0n) is 16.1. The summed E-state index contributed by atoms with van der Waals surface area (Å²) in [5, 5.41) is 2.92. The van der Waals surface area contributed by atoms with E-state index in [9.17, 15) is 13.2 Å². The Bertz CT molecular complexity index is 894. The Kier molecular flexibility index (Phi) is 7.02. The molecule has 0 saturated carbocycles. The lowest BCUT2D eigenvalue weighted by Crippen LogP contribution is -2.37. The molecule has 0 unspecified atom stereocenters. The molecule has 7 heteroatoms. The van der Waals surface area contributed by atoms with Gasteiger partial charge in [0.05, 0.1) is 11.4 Å². The van der Waals surface area contributed by atoms with Crippen LogP contribution in [0.1, 0.15) is 34.3 Å². The lowest BCUT2D eigenvalue weighted by molar-refractivity contribution is 0.0956. The second-order valence-electron chi connectivity index (χ2n) is 6.94. The maximum absolute atomic E-state index is 12.3. The number of aryl methyl sites for hydroxylation is 1. The van der Waals surface area contributed by atoms with Gasteiger partial charge in [0.15, 0.2) is 0 Å². The second kappa shape index (κ2) is 9.47. The van der Waals surface area contributed by atoms with Gasteiger partial charge in [-0.1, -0.05) is 29.8 Å². The molecule has 0 radical (unpaired) electrons. The Labute approximate surface area is 171 Å². The van der Waals surface area contributed by atoms with Crippen LogP contribution >= 0.6 is 11.8 Å². The Morgan fingerprint density at radius 3 is 2.46 bits per heavy atom. The highest BCUT2D eigenvalue weighted by molar-refractivity contribution is 7.98. The Hall–Kier alpha value is -1.99. The van der Waals surface area contributed by atoms with Gasteiger partial charge >= 0.3 is 0 Å². The van der Waals surface area contributed by atoms with Gasteiger partial charge in [-0.3, -0.25) is 9.10 Å². The van der Waals surface area contributed by atoms with Gasteiger partial charge in [-0.05, 0) is 49.6 Å². The molecule has 0 aliphatic carbocycles. The lowest BCUT2D eigenvalue weighted by Gasteiger charge is -2.28. The SMILES string of the molecule is Cc1ccc(CSCCNC(=O)c2ccc(N3CCCCS3(=O)=O)cc2)cc1. The third kappa shape index (κ3) is 5.52. The third-order valence-electron chi connectivity index (χ3n) is 4.69. The third-order valence-corrected chi connectivity index (χ3v) is 7.59. The van der Waals surface area contributed by atoms with E-state index in [0.29, 0.717) is 30.8 Å². The van der Waals surface area contributed by atoms with E-state index < -0.39 is 10.0 Å². The minimum absolute atomic E-state index is 0.135. The number of thioether (sulfide) groups is 1. The van der Waals surface area contributed by atoms with E-state index >= 15 is 0 Å². The second-order valence-corrected chi connectivity index (χ2v) is 10.1. The molecule has 5 nitrogen and oxygen atoms in total. The van der Waals surface area contributed by atoms with E-state index in [2.05, 4.69) is 36.5 Å². The summed E-state index contributed by atoms with van der Waals surface area (Å²) >= 11 is 1.78. The van der Waals surface area contributed by atoms with Gasteiger partial charge in [0.25, 0.3) is 5.91 Å². The molecule has 1 aliphatic rings. The van der Waals surface area contributed by atoms with Crippen molar-refractivity contribution in [1.82, 2.24) is 5.32 Å². The Morgan fingerprint density at radius 2 is 1.79 bits per heavy atom. The van der Waals surface area contributed by atoms with Crippen LogP contribution in [-0.4, -0.2) is 38.9 Å². The minimum atomic E-state index is -3.23. The maximum Gasteiger partial charge on any atom is 0.251 e. The van der Waals surface area contributed by atoms with Crippen LogP contribution in [0.5, 0.6) is 0 Å². The summed E-state index contributed by atoms with van der Waals surface area (Å²) in [4.78, 5) is 12.3. The monoisotopic (exact) mass is 418 g/mol. The van der Waals surface area contributed by atoms with E-state index in [1.165, 1.54) is 15.4 Å². The fraction of sp³-hybridized carbons (Fsp3) is 0.381. The molecule has 0 atom stereocenters. The number of nitrogens with zero attached hydrogens (tertiary/aromatic N) is 1. The molecule has 28 heavy (non-hydrogen) atoms. The highest BCUT2D eigenvalue weighted by atomic mass is 32.2. The van der Waals surface area contributed by atoms with Crippen molar-refractivity contribution in [3.05, 3.63) is 65.2 Å². The van der Waals surface area contributed by atoms with Crippen molar-refractivity contribution in [3.8, 4) is 0 Å². The van der Waals surface area contributed by atoms with Gasteiger partial charge < -0.3 is 5.32 Å². The van der Waals surface area contributed by atoms with Gasteiger partial charge in [-0.2, -0.15) is 11.8 Å². The molecule has 150 valence electrons. The van der Waals surface area contributed by atoms with Crippen LogP contribution in [0.4, 0.5) is 5.69 Å². The fourth-order valence-corrected chi connectivity index (χ4v) is 5.53. The van der Waals surface area contributed by atoms with E-state index in [4.69, 9.17) is 0 Å². The number of carbonyl (C=O) groups is 1. The molecule has 3 rings (SSSR count). The first-order valence-electron chi connectivity index (χ1n) is 9.48. The van der Waals surface area contributed by atoms with Crippen molar-refractivity contribution in [2.75, 3.05) is 28.9 Å². The molecule has 0 aromatic heterocycles. The van der Waals surface area contributed by atoms with Gasteiger partial charge in [0, 0.05) is 30.2 Å². The minimum Gasteiger partial charge on any atom is -0.351 e. The predicted octanol–water partition coefficient (Wildman–Crippen LogP) is 3.59. The number of sulfonamides is 1. The van der Waals surface area contributed by atoms with E-state index in [1.807, 2.05) is 0 Å². The van der Waals surface area contributed by atoms with E-state index in [-0.39, 0.29) is 11.7 Å². The molecule has 0 bridgehead atoms. The molecular weight excluding hydrogens is 392 g/mol. The average molecular weight is 419 g/mol. The van der Waals surface area contributed by atoms with Crippen LogP contribution in [-0.2, 0) is 15.8 Å². The largest absolute Gasteiger partial charge is 0.351 e. The topological polar surface area (TPSA) is 66.5 Å². The summed E-state index contributed by atoms with van der Waals surface area (Å²) < 4.78 is 25.8. The summed E-state index contributed by atoms with van der Waals surface area (Å²) in [5.74, 6) is 1.82. The van der Waals surface area contributed by atoms with Gasteiger partial charge in [0.2, 0.25) is 10.0 Å². The smallest absolute Gasteiger partial charge is 0.251 e. The standard InChI is InChI=1S/C21H26N2O3S2/c1-17-4-6-18(7-5-17)16-27-14-12-22-21(24)19-8-10-20(11-9-19)23-13-2-3-15-28(23,25)26/h4-11H,2-3,12-16H2,1H3,(H,22,24). The van der Waals surface area contributed by atoms with Gasteiger partial charge in [-0.25, -0.2) is 8.42 Å². The normalized spacial score (nSPS) is 16.0. The molecule has 2 aromatic rings. The summed E-state index contributed by atoms with van der Waals surface area (Å²) in [6, 6.07) is 15.3. The highest BCUT2D eigenvalue weighted by Gasteiger charge is 2.25. The number of hydrogen-bond acceptors (Lipinski definition) is 4. The fourth-order valence-electron chi connectivity index (χ4n) is 3.07. The van der Waals surface area contributed by atoms with Crippen molar-refractivity contribution in [2.45, 2.75) is 25.5 Å². The predicted molar refractivity (Wildman–Crippen MR) is 116 cm³/mol. The van der Waals surface area contributed by atoms with Crippen LogP contribution < -0.4 is 9.62 Å². The summed E-state index contributed by atoms with van der Waals surface area (Å²) in [6.07, 6.45) is 1.57. The number of nitrogens with one attached hydrogen (secondary N) is 1. The van der Waals surface area contributed by atoms with Crippen molar-refractivity contribution >= 4 is 33.4 Å². The van der Waals surface area contributed by atoms with Crippen molar-refractivity contribution in [2.24, 2.45) is 0 Å². The summed E-state index contributed by atoms with van der Waals surface area (Å²) in [6.45, 7) is 3.17. The van der Waals surface area contributed by atoms with E-state index in [0.717, 1.165) is 17.9 Å². The van der Waals surface area contributed by atoms with Crippen LogP contribution in [0.3, 0.4) is 0 Å². The number of rotatable bonds is 7. The first-order valence-corrected chi connectivity index (χ1v) is 12.2. The molecule has 1 aliphatic heterocycles. The highest BCUT2D eigenvalue weighted by Crippen LogP contribution is 2.23. The summed E-state index contributed by atoms with van der Waals surface area (Å²) in [5.41, 5.74) is 3.71. The molecular formula is C21H26N2O3S2. The number of amides is 1. The van der Waals surface area contributed by atoms with Crippen LogP contribution in [0.2, 0.25) is 0 Å². The molecule has 1 amide bonds. The maximum atomic E-state index is 12.3. The lowest BCUT2D eigenvalue weighted by atomic mass is 10.2. The van der Waals surface area contributed by atoms with Gasteiger partial charge in [0.1, 0.15) is 0 Å². The zero-order valence-corrected chi connectivity index (χ0v) is 17.7. The Morgan fingerprint density at radius 1 is 1.07 bits per heavy atom. The number of hydrogen-bond donors (Lipinski definition) is 1.